The first-order valence-corrected chi connectivity index (χ1v) is 13.1. The second-order valence-corrected chi connectivity index (χ2v) is 11.2. The van der Waals surface area contributed by atoms with Crippen LogP contribution < -0.4 is 25.0 Å². The summed E-state index contributed by atoms with van der Waals surface area (Å²) in [5, 5.41) is 8.61. The summed E-state index contributed by atoms with van der Waals surface area (Å²) >= 11 is 0. The van der Waals surface area contributed by atoms with Crippen LogP contribution in [0.15, 0.2) is 42.5 Å². The lowest BCUT2D eigenvalue weighted by Crippen LogP contribution is -2.29. The highest BCUT2D eigenvalue weighted by molar-refractivity contribution is 5.90. The summed E-state index contributed by atoms with van der Waals surface area (Å²) in [6.07, 6.45) is 7.71. The second-order valence-electron chi connectivity index (χ2n) is 11.2. The molecule has 2 N–H and O–H groups in total. The van der Waals surface area contributed by atoms with Crippen LogP contribution in [0, 0.1) is 10.8 Å². The molecule has 3 aromatic rings. The van der Waals surface area contributed by atoms with Gasteiger partial charge in [-0.1, -0.05) is 24.3 Å². The SMILES string of the molecule is COc1cccc(CN[C@@H]2CC23CCC2(CC3)CC2Nc2nc(N(C)C)c3ccccc3n2)c1OC. The molecule has 7 nitrogen and oxygen atoms in total. The van der Waals surface area contributed by atoms with Gasteiger partial charge in [0.05, 0.1) is 19.7 Å². The fourth-order valence-electron chi connectivity index (χ4n) is 6.49. The zero-order valence-electron chi connectivity index (χ0n) is 21.8. The maximum absolute atomic E-state index is 5.61. The summed E-state index contributed by atoms with van der Waals surface area (Å²) in [6, 6.07) is 15.4. The molecular formula is C29H37N5O2. The highest BCUT2D eigenvalue weighted by Crippen LogP contribution is 2.67. The summed E-state index contributed by atoms with van der Waals surface area (Å²) in [6.45, 7) is 0.815. The minimum absolute atomic E-state index is 0.418. The molecule has 3 aliphatic carbocycles. The average molecular weight is 488 g/mol. The zero-order valence-corrected chi connectivity index (χ0v) is 21.8. The standard InChI is InChI=1S/C29H37N5O2/c1-34(2)26-20-9-5-6-10-21(20)31-27(33-26)32-24-17-29(24)14-12-28(13-15-29)16-23(28)30-18-19-8-7-11-22(35-3)25(19)36-4/h5-11,23-24,30H,12-18H2,1-4H3,(H,31,32,33)/t23-,24?,28?,29?/m1/s1. The molecule has 7 heteroatoms. The molecule has 36 heavy (non-hydrogen) atoms. The van der Waals surface area contributed by atoms with Crippen molar-refractivity contribution in [2.45, 2.75) is 57.2 Å². The van der Waals surface area contributed by atoms with Gasteiger partial charge in [0.2, 0.25) is 5.95 Å². The van der Waals surface area contributed by atoms with Crippen LogP contribution in [0.2, 0.25) is 0 Å². The summed E-state index contributed by atoms with van der Waals surface area (Å²) in [7, 11) is 7.49. The van der Waals surface area contributed by atoms with Gasteiger partial charge in [0.15, 0.2) is 11.5 Å². The summed E-state index contributed by atoms with van der Waals surface area (Å²) in [5.74, 6) is 3.37. The molecule has 1 heterocycles. The molecule has 1 aromatic heterocycles. The number of hydrogen-bond donors (Lipinski definition) is 2. The smallest absolute Gasteiger partial charge is 0.225 e. The molecule has 0 bridgehead atoms. The minimum Gasteiger partial charge on any atom is -0.493 e. The third-order valence-corrected chi connectivity index (χ3v) is 8.95. The normalized spacial score (nSPS) is 28.3. The first-order chi connectivity index (χ1) is 17.5. The number of fused-ring (bicyclic) bond motifs is 1. The van der Waals surface area contributed by atoms with E-state index in [1.165, 1.54) is 38.5 Å². The van der Waals surface area contributed by atoms with Crippen LogP contribution >= 0.6 is 0 Å². The number of nitrogens with zero attached hydrogens (tertiary/aromatic N) is 3. The van der Waals surface area contributed by atoms with Crippen molar-refractivity contribution in [2.24, 2.45) is 10.8 Å². The van der Waals surface area contributed by atoms with E-state index >= 15 is 0 Å². The van der Waals surface area contributed by atoms with Crippen molar-refractivity contribution in [3.05, 3.63) is 48.0 Å². The van der Waals surface area contributed by atoms with Crippen molar-refractivity contribution < 1.29 is 9.47 Å². The Kier molecular flexibility index (Phi) is 5.71. The Morgan fingerprint density at radius 3 is 2.33 bits per heavy atom. The predicted molar refractivity (Wildman–Crippen MR) is 144 cm³/mol. The number of benzene rings is 2. The highest BCUT2D eigenvalue weighted by Gasteiger charge is 2.63. The fraction of sp³-hybridized carbons (Fsp3) is 0.517. The quantitative estimate of drug-likeness (QED) is 0.463. The van der Waals surface area contributed by atoms with Crippen molar-refractivity contribution in [3.63, 3.8) is 0 Å². The molecule has 2 spiro atoms. The molecule has 1 unspecified atom stereocenters. The Balaban J connectivity index is 1.06. The summed E-state index contributed by atoms with van der Waals surface area (Å²) in [4.78, 5) is 11.8. The Morgan fingerprint density at radius 2 is 1.61 bits per heavy atom. The van der Waals surface area contributed by atoms with Crippen LogP contribution in [0.1, 0.15) is 44.1 Å². The van der Waals surface area contributed by atoms with Gasteiger partial charge >= 0.3 is 0 Å². The number of nitrogens with one attached hydrogen (secondary N) is 2. The Morgan fingerprint density at radius 1 is 0.889 bits per heavy atom. The van der Waals surface area contributed by atoms with Gasteiger partial charge < -0.3 is 25.0 Å². The molecule has 0 saturated heterocycles. The van der Waals surface area contributed by atoms with Crippen molar-refractivity contribution in [1.29, 1.82) is 0 Å². The van der Waals surface area contributed by atoms with Gasteiger partial charge in [-0.15, -0.1) is 0 Å². The van der Waals surface area contributed by atoms with E-state index < -0.39 is 0 Å². The molecule has 0 aliphatic heterocycles. The molecule has 0 radical (unpaired) electrons. The molecule has 3 fully saturated rings. The van der Waals surface area contributed by atoms with Gasteiger partial charge in [-0.05, 0) is 67.6 Å². The molecule has 6 rings (SSSR count). The molecule has 2 atom stereocenters. The Bertz CT molecular complexity index is 1270. The van der Waals surface area contributed by atoms with Crippen molar-refractivity contribution in [1.82, 2.24) is 15.3 Å². The van der Waals surface area contributed by atoms with E-state index in [9.17, 15) is 0 Å². The number of aromatic nitrogens is 2. The molecular weight excluding hydrogens is 450 g/mol. The topological polar surface area (TPSA) is 71.5 Å². The van der Waals surface area contributed by atoms with Crippen LogP contribution in [0.5, 0.6) is 11.5 Å². The van der Waals surface area contributed by atoms with E-state index in [2.05, 4.69) is 33.7 Å². The van der Waals surface area contributed by atoms with E-state index in [-0.39, 0.29) is 0 Å². The molecule has 3 saturated carbocycles. The van der Waals surface area contributed by atoms with Crippen molar-refractivity contribution in [3.8, 4) is 11.5 Å². The van der Waals surface area contributed by atoms with E-state index in [1.807, 2.05) is 38.4 Å². The van der Waals surface area contributed by atoms with Crippen LogP contribution in [0.3, 0.4) is 0 Å². The molecule has 0 amide bonds. The molecule has 190 valence electrons. The average Bonchev–Trinajstić information content (AvgIpc) is 3.78. The van der Waals surface area contributed by atoms with Crippen LogP contribution in [0.25, 0.3) is 10.9 Å². The molecule has 2 aromatic carbocycles. The van der Waals surface area contributed by atoms with Gasteiger partial charge in [-0.25, -0.2) is 4.98 Å². The number of rotatable bonds is 8. The third-order valence-electron chi connectivity index (χ3n) is 8.95. The van der Waals surface area contributed by atoms with E-state index in [0.717, 1.165) is 46.3 Å². The first-order valence-electron chi connectivity index (χ1n) is 13.1. The monoisotopic (exact) mass is 487 g/mol. The third kappa shape index (κ3) is 4.03. The lowest BCUT2D eigenvalue weighted by Gasteiger charge is -2.31. The Labute approximate surface area is 213 Å². The van der Waals surface area contributed by atoms with Crippen LogP contribution in [-0.4, -0.2) is 50.4 Å². The zero-order chi connectivity index (χ0) is 24.9. The van der Waals surface area contributed by atoms with E-state index in [0.29, 0.717) is 22.9 Å². The summed E-state index contributed by atoms with van der Waals surface area (Å²) < 4.78 is 11.1. The van der Waals surface area contributed by atoms with Crippen LogP contribution in [-0.2, 0) is 6.54 Å². The second kappa shape index (κ2) is 8.80. The maximum atomic E-state index is 5.61. The fourth-order valence-corrected chi connectivity index (χ4v) is 6.49. The van der Waals surface area contributed by atoms with Gasteiger partial charge in [0.25, 0.3) is 0 Å². The number of ether oxygens (including phenoxy) is 2. The number of hydrogen-bond acceptors (Lipinski definition) is 7. The van der Waals surface area contributed by atoms with Gasteiger partial charge in [0.1, 0.15) is 5.82 Å². The van der Waals surface area contributed by atoms with Crippen LogP contribution in [0.4, 0.5) is 11.8 Å². The number of para-hydroxylation sites is 2. The van der Waals surface area contributed by atoms with Gasteiger partial charge in [-0.2, -0.15) is 4.98 Å². The lowest BCUT2D eigenvalue weighted by molar-refractivity contribution is 0.224. The van der Waals surface area contributed by atoms with E-state index in [4.69, 9.17) is 19.4 Å². The highest BCUT2D eigenvalue weighted by atomic mass is 16.5. The number of methoxy groups -OCH3 is 2. The summed E-state index contributed by atoms with van der Waals surface area (Å²) in [5.41, 5.74) is 3.05. The van der Waals surface area contributed by atoms with Gasteiger partial charge in [-0.3, -0.25) is 0 Å². The van der Waals surface area contributed by atoms with Crippen molar-refractivity contribution in [2.75, 3.05) is 38.5 Å². The lowest BCUT2D eigenvalue weighted by atomic mass is 9.76. The largest absolute Gasteiger partial charge is 0.493 e. The molecule has 3 aliphatic rings. The maximum Gasteiger partial charge on any atom is 0.225 e. The predicted octanol–water partition coefficient (Wildman–Crippen LogP) is 5.01. The first kappa shape index (κ1) is 23.3. The van der Waals surface area contributed by atoms with Gasteiger partial charge in [0, 0.05) is 43.7 Å². The van der Waals surface area contributed by atoms with E-state index in [1.54, 1.807) is 14.2 Å². The minimum atomic E-state index is 0.418. The van der Waals surface area contributed by atoms with Crippen molar-refractivity contribution >= 4 is 22.7 Å². The number of anilines is 2. The Hall–Kier alpha value is -3.06.